The number of nitrogens with zero attached hydrogens (tertiary/aromatic N) is 1. The summed E-state index contributed by atoms with van der Waals surface area (Å²) in [5.74, 6) is 0.595. The van der Waals surface area contributed by atoms with E-state index in [-0.39, 0.29) is 23.6 Å². The van der Waals surface area contributed by atoms with Crippen LogP contribution in [0, 0.1) is 13.8 Å². The van der Waals surface area contributed by atoms with Gasteiger partial charge in [0.05, 0.1) is 23.8 Å². The van der Waals surface area contributed by atoms with Crippen molar-refractivity contribution in [2.24, 2.45) is 0 Å². The Bertz CT molecular complexity index is 1210. The molecule has 4 aliphatic heterocycles. The normalized spacial score (nSPS) is 36.1. The summed E-state index contributed by atoms with van der Waals surface area (Å²) in [6.45, 7) is 8.73. The van der Waals surface area contributed by atoms with Gasteiger partial charge in [0, 0.05) is 5.69 Å². The molecule has 2 spiro atoms. The minimum atomic E-state index is -0.620. The molecule has 0 aromatic heterocycles. The summed E-state index contributed by atoms with van der Waals surface area (Å²) in [6.07, 6.45) is 10.2. The van der Waals surface area contributed by atoms with E-state index in [1.165, 1.54) is 39.1 Å². The van der Waals surface area contributed by atoms with Gasteiger partial charge >= 0.3 is 0 Å². The highest BCUT2D eigenvalue weighted by Gasteiger charge is 2.87. The molecule has 5 atom stereocenters. The molecule has 4 heterocycles. The van der Waals surface area contributed by atoms with Crippen LogP contribution in [0.15, 0.2) is 48.2 Å². The predicted molar refractivity (Wildman–Crippen MR) is 123 cm³/mol. The fourth-order valence-electron chi connectivity index (χ4n) is 7.34. The second-order valence-electron chi connectivity index (χ2n) is 10.2. The van der Waals surface area contributed by atoms with Gasteiger partial charge < -0.3 is 14.4 Å². The molecule has 3 nitrogen and oxygen atoms in total. The zero-order valence-corrected chi connectivity index (χ0v) is 18.7. The van der Waals surface area contributed by atoms with Gasteiger partial charge in [-0.15, -0.1) is 0 Å². The topological polar surface area (TPSA) is 21.7 Å². The van der Waals surface area contributed by atoms with Gasteiger partial charge in [0.1, 0.15) is 5.54 Å². The summed E-state index contributed by atoms with van der Waals surface area (Å²) >= 11 is 0. The minimum Gasteiger partial charge on any atom is -0.464 e. The molecule has 2 aromatic rings. The molecule has 5 aliphatic rings. The summed E-state index contributed by atoms with van der Waals surface area (Å²) < 4.78 is 13.6. The van der Waals surface area contributed by atoms with Gasteiger partial charge in [-0.25, -0.2) is 0 Å². The molecule has 7 rings (SSSR count). The maximum atomic E-state index is 6.82. The van der Waals surface area contributed by atoms with Crippen molar-refractivity contribution < 1.29 is 9.47 Å². The smallest absolute Gasteiger partial charge is 0.244 e. The Labute approximate surface area is 184 Å². The highest BCUT2D eigenvalue weighted by molar-refractivity contribution is 5.80. The zero-order chi connectivity index (χ0) is 21.1. The Morgan fingerprint density at radius 1 is 1.10 bits per heavy atom. The first kappa shape index (κ1) is 18.1. The van der Waals surface area contributed by atoms with Crippen molar-refractivity contribution >= 4 is 11.8 Å². The Morgan fingerprint density at radius 3 is 2.81 bits per heavy atom. The maximum absolute atomic E-state index is 6.82. The number of ether oxygens (including phenoxy) is 2. The number of allylic oxidation sites excluding steroid dienone is 1. The summed E-state index contributed by atoms with van der Waals surface area (Å²) in [5.41, 5.74) is 9.51. The lowest BCUT2D eigenvalue weighted by Gasteiger charge is -2.48. The number of anilines is 1. The SMILES string of the molecule is CC1=CC(C)O[C@@]2(O1)[C@@H]1c3c(C)cc(C)cc3C3C=Cc4ccc5cc4N3C12CCC5. The first-order valence-electron chi connectivity index (χ1n) is 11.7. The molecule has 1 fully saturated rings. The molecule has 0 amide bonds. The lowest BCUT2D eigenvalue weighted by atomic mass is 9.79. The summed E-state index contributed by atoms with van der Waals surface area (Å²) in [5, 5.41) is 0. The van der Waals surface area contributed by atoms with Crippen LogP contribution < -0.4 is 4.90 Å². The first-order chi connectivity index (χ1) is 14.9. The molecule has 2 bridgehead atoms. The van der Waals surface area contributed by atoms with Crippen LogP contribution in [0.5, 0.6) is 0 Å². The number of hydrogen-bond acceptors (Lipinski definition) is 3. The average molecular weight is 412 g/mol. The molecule has 0 N–H and O–H groups in total. The quantitative estimate of drug-likeness (QED) is 0.523. The monoisotopic (exact) mass is 411 g/mol. The van der Waals surface area contributed by atoms with E-state index in [1.807, 2.05) is 0 Å². The second kappa shape index (κ2) is 5.63. The minimum absolute atomic E-state index is 0.0537. The third kappa shape index (κ3) is 2.04. The molecule has 3 heteroatoms. The zero-order valence-electron chi connectivity index (χ0n) is 18.7. The summed E-state index contributed by atoms with van der Waals surface area (Å²) in [7, 11) is 0. The van der Waals surface area contributed by atoms with Gasteiger partial charge in [0.2, 0.25) is 5.79 Å². The fourth-order valence-corrected chi connectivity index (χ4v) is 7.34. The van der Waals surface area contributed by atoms with Crippen molar-refractivity contribution in [3.63, 3.8) is 0 Å². The molecule has 3 unspecified atom stereocenters. The Kier molecular flexibility index (Phi) is 3.29. The predicted octanol–water partition coefficient (Wildman–Crippen LogP) is 6.10. The number of benzene rings is 2. The third-order valence-corrected chi connectivity index (χ3v) is 8.24. The van der Waals surface area contributed by atoms with Crippen LogP contribution in [0.4, 0.5) is 5.69 Å². The molecular weight excluding hydrogens is 382 g/mol. The van der Waals surface area contributed by atoms with Crippen LogP contribution in [0.2, 0.25) is 0 Å². The van der Waals surface area contributed by atoms with Crippen LogP contribution in [0.25, 0.3) is 6.08 Å². The largest absolute Gasteiger partial charge is 0.464 e. The molecule has 1 saturated carbocycles. The van der Waals surface area contributed by atoms with E-state index < -0.39 is 5.79 Å². The number of rotatable bonds is 0. The van der Waals surface area contributed by atoms with Crippen molar-refractivity contribution in [1.29, 1.82) is 0 Å². The van der Waals surface area contributed by atoms with Gasteiger partial charge in [-0.2, -0.15) is 0 Å². The molecule has 0 radical (unpaired) electrons. The summed E-state index contributed by atoms with van der Waals surface area (Å²) in [4.78, 5) is 2.70. The van der Waals surface area contributed by atoms with Crippen LogP contribution >= 0.6 is 0 Å². The van der Waals surface area contributed by atoms with E-state index in [0.717, 1.165) is 25.0 Å². The average Bonchev–Trinajstić information content (AvgIpc) is 3.24. The van der Waals surface area contributed by atoms with Gasteiger partial charge in [0.15, 0.2) is 0 Å². The van der Waals surface area contributed by atoms with Gasteiger partial charge in [-0.1, -0.05) is 42.0 Å². The van der Waals surface area contributed by atoms with Crippen LogP contribution in [-0.4, -0.2) is 17.4 Å². The summed E-state index contributed by atoms with van der Waals surface area (Å²) in [6, 6.07) is 12.0. The van der Waals surface area contributed by atoms with Crippen molar-refractivity contribution in [2.75, 3.05) is 4.90 Å². The lowest BCUT2D eigenvalue weighted by Crippen LogP contribution is -2.51. The molecule has 0 saturated heterocycles. The van der Waals surface area contributed by atoms with Crippen molar-refractivity contribution in [3.05, 3.63) is 81.6 Å². The fraction of sp³-hybridized carbons (Fsp3) is 0.429. The molecule has 1 aliphatic carbocycles. The molecule has 31 heavy (non-hydrogen) atoms. The maximum Gasteiger partial charge on any atom is 0.244 e. The van der Waals surface area contributed by atoms with E-state index in [0.29, 0.717) is 0 Å². The number of fused-ring (bicyclic) bond motifs is 5. The Balaban J connectivity index is 1.56. The van der Waals surface area contributed by atoms with Crippen molar-refractivity contribution in [2.45, 2.75) is 76.3 Å². The van der Waals surface area contributed by atoms with Gasteiger partial charge in [-0.3, -0.25) is 0 Å². The van der Waals surface area contributed by atoms with Gasteiger partial charge in [-0.05, 0) is 86.9 Å². The second-order valence-corrected chi connectivity index (χ2v) is 10.2. The van der Waals surface area contributed by atoms with Gasteiger partial charge in [0.25, 0.3) is 0 Å². The third-order valence-electron chi connectivity index (χ3n) is 8.24. The van der Waals surface area contributed by atoms with E-state index in [9.17, 15) is 0 Å². The van der Waals surface area contributed by atoms with E-state index in [2.05, 4.69) is 81.2 Å². The number of aryl methyl sites for hydroxylation is 3. The highest BCUT2D eigenvalue weighted by Crippen LogP contribution is 2.76. The van der Waals surface area contributed by atoms with E-state index in [4.69, 9.17) is 9.47 Å². The van der Waals surface area contributed by atoms with Crippen molar-refractivity contribution in [3.8, 4) is 0 Å². The van der Waals surface area contributed by atoms with Crippen LogP contribution in [0.1, 0.15) is 72.0 Å². The highest BCUT2D eigenvalue weighted by atomic mass is 16.7. The lowest BCUT2D eigenvalue weighted by molar-refractivity contribution is -0.190. The van der Waals surface area contributed by atoms with Crippen molar-refractivity contribution in [1.82, 2.24) is 0 Å². The number of hydrogen-bond donors (Lipinski definition) is 0. The van der Waals surface area contributed by atoms with E-state index in [1.54, 1.807) is 0 Å². The van der Waals surface area contributed by atoms with Crippen LogP contribution in [0.3, 0.4) is 0 Å². The molecule has 158 valence electrons. The molecule has 2 aromatic carbocycles. The van der Waals surface area contributed by atoms with Crippen LogP contribution in [-0.2, 0) is 15.9 Å². The van der Waals surface area contributed by atoms with E-state index >= 15 is 0 Å². The standard InChI is InChI=1S/C28H29NO2/c1-16-12-17(2)25-22(13-16)23-10-9-21-8-7-20-6-5-11-27(29(23)24(21)15-20)26(25)28(27)30-18(3)14-19(4)31-28/h7-10,12-15,18,23,26H,5-6,11H2,1-4H3/t18?,23?,26-,27?,28-/m1/s1. The molecular formula is C28H29NO2. The Morgan fingerprint density at radius 2 is 1.97 bits per heavy atom. The first-order valence-corrected chi connectivity index (χ1v) is 11.7. The Hall–Kier alpha value is -2.52.